The molecule has 6 heteroatoms. The smallest absolute Gasteiger partial charge is 0.252 e. The quantitative estimate of drug-likeness (QED) is 0.364. The normalized spacial score (nSPS) is 11.2. The molecule has 0 radical (unpaired) electrons. The van der Waals surface area contributed by atoms with E-state index in [4.69, 9.17) is 23.7 Å². The van der Waals surface area contributed by atoms with Gasteiger partial charge in [-0.05, 0) is 35.7 Å². The van der Waals surface area contributed by atoms with E-state index in [9.17, 15) is 0 Å². The van der Waals surface area contributed by atoms with Crippen molar-refractivity contribution in [2.45, 2.75) is 6.73 Å². The highest BCUT2D eigenvalue weighted by atomic mass is 16.5. The summed E-state index contributed by atoms with van der Waals surface area (Å²) >= 11 is 0. The number of pyridine rings is 1. The van der Waals surface area contributed by atoms with Crippen LogP contribution in [0.3, 0.4) is 0 Å². The van der Waals surface area contributed by atoms with E-state index in [2.05, 4.69) is 22.9 Å². The Morgan fingerprint density at radius 1 is 0.621 bits per heavy atom. The first kappa shape index (κ1) is 19.1. The fraction of sp³-hybridized carbons (Fsp3) is 0.261. The van der Waals surface area contributed by atoms with Crippen LogP contribution in [-0.4, -0.2) is 35.5 Å². The Labute approximate surface area is 169 Å². The Kier molecular flexibility index (Phi) is 5.03. The molecule has 0 bridgehead atoms. The maximum Gasteiger partial charge on any atom is 0.252 e. The third kappa shape index (κ3) is 3.06. The highest BCUT2D eigenvalue weighted by Gasteiger charge is 2.20. The van der Waals surface area contributed by atoms with Crippen LogP contribution in [-0.2, 0) is 11.5 Å². The summed E-state index contributed by atoms with van der Waals surface area (Å²) in [5.74, 6) is 2.77. The number of benzene rings is 3. The van der Waals surface area contributed by atoms with Crippen molar-refractivity contribution in [3.05, 3.63) is 42.6 Å². The Bertz CT molecular complexity index is 1220. The number of ether oxygens (including phenoxy) is 5. The van der Waals surface area contributed by atoms with Crippen molar-refractivity contribution < 1.29 is 28.3 Å². The maximum absolute atomic E-state index is 5.55. The molecule has 1 aromatic heterocycles. The van der Waals surface area contributed by atoms with E-state index in [1.165, 1.54) is 0 Å². The van der Waals surface area contributed by atoms with E-state index in [0.717, 1.165) is 32.4 Å². The third-order valence-electron chi connectivity index (χ3n) is 5.19. The molecular formula is C23H24NO5+. The van der Waals surface area contributed by atoms with Gasteiger partial charge in [-0.2, -0.15) is 4.57 Å². The summed E-state index contributed by atoms with van der Waals surface area (Å²) in [5.41, 5.74) is 1.05. The number of rotatable bonds is 6. The molecule has 0 atom stereocenters. The summed E-state index contributed by atoms with van der Waals surface area (Å²) in [5, 5.41) is 5.29. The molecule has 6 nitrogen and oxygen atoms in total. The third-order valence-corrected chi connectivity index (χ3v) is 5.19. The summed E-state index contributed by atoms with van der Waals surface area (Å²) in [4.78, 5) is 0. The maximum atomic E-state index is 5.55. The average Bonchev–Trinajstić information content (AvgIpc) is 2.76. The first-order valence-corrected chi connectivity index (χ1v) is 9.20. The molecule has 0 saturated heterocycles. The molecule has 0 saturated carbocycles. The molecule has 0 unspecified atom stereocenters. The van der Waals surface area contributed by atoms with Crippen LogP contribution in [0.25, 0.3) is 32.4 Å². The van der Waals surface area contributed by atoms with Gasteiger partial charge in [0.05, 0.1) is 44.6 Å². The van der Waals surface area contributed by atoms with Crippen molar-refractivity contribution in [2.75, 3.05) is 35.5 Å². The van der Waals surface area contributed by atoms with Crippen LogP contribution in [0.4, 0.5) is 0 Å². The fourth-order valence-corrected chi connectivity index (χ4v) is 3.87. The molecule has 4 aromatic rings. The molecule has 29 heavy (non-hydrogen) atoms. The second-order valence-corrected chi connectivity index (χ2v) is 6.70. The topological polar surface area (TPSA) is 50.0 Å². The van der Waals surface area contributed by atoms with Gasteiger partial charge in [-0.25, -0.2) is 0 Å². The molecule has 1 heterocycles. The predicted octanol–water partition coefficient (Wildman–Crippen LogP) is 4.07. The number of hydrogen-bond acceptors (Lipinski definition) is 5. The minimum atomic E-state index is 0.411. The minimum absolute atomic E-state index is 0.411. The summed E-state index contributed by atoms with van der Waals surface area (Å²) in [6, 6.07) is 12.2. The van der Waals surface area contributed by atoms with Crippen LogP contribution >= 0.6 is 0 Å². The molecule has 4 rings (SSSR count). The van der Waals surface area contributed by atoms with E-state index in [1.54, 1.807) is 35.5 Å². The van der Waals surface area contributed by atoms with E-state index < -0.39 is 0 Å². The minimum Gasteiger partial charge on any atom is -0.493 e. The highest BCUT2D eigenvalue weighted by Crippen LogP contribution is 2.39. The predicted molar refractivity (Wildman–Crippen MR) is 112 cm³/mol. The van der Waals surface area contributed by atoms with Crippen LogP contribution in [0.1, 0.15) is 0 Å². The molecule has 0 amide bonds. The lowest BCUT2D eigenvalue weighted by molar-refractivity contribution is -0.705. The van der Waals surface area contributed by atoms with Gasteiger partial charge < -0.3 is 23.7 Å². The summed E-state index contributed by atoms with van der Waals surface area (Å²) in [7, 11) is 8.26. The second-order valence-electron chi connectivity index (χ2n) is 6.70. The lowest BCUT2D eigenvalue weighted by atomic mass is 10.00. The zero-order chi connectivity index (χ0) is 20.5. The van der Waals surface area contributed by atoms with Gasteiger partial charge in [0, 0.05) is 12.5 Å². The Morgan fingerprint density at radius 3 is 1.76 bits per heavy atom. The Hall–Kier alpha value is -3.25. The molecule has 0 spiro atoms. The molecule has 0 aliphatic carbocycles. The average molecular weight is 394 g/mol. The number of methoxy groups -OCH3 is 5. The molecule has 0 aliphatic rings. The van der Waals surface area contributed by atoms with Crippen molar-refractivity contribution >= 4 is 32.4 Å². The monoisotopic (exact) mass is 394 g/mol. The largest absolute Gasteiger partial charge is 0.493 e. The van der Waals surface area contributed by atoms with E-state index in [0.29, 0.717) is 29.7 Å². The number of hydrogen-bond donors (Lipinski definition) is 0. The van der Waals surface area contributed by atoms with Crippen LogP contribution < -0.4 is 23.5 Å². The van der Waals surface area contributed by atoms with Gasteiger partial charge in [0.1, 0.15) is 0 Å². The standard InChI is InChI=1S/C23H24NO5/c1-25-13-24-12-15-9-20(27-3)21(28-4)10-17(15)16-7-6-14-8-19(26-2)22(29-5)11-18(14)23(16)24/h6-12H,13H2,1-5H3/q+1. The van der Waals surface area contributed by atoms with Gasteiger partial charge in [-0.15, -0.1) is 0 Å². The van der Waals surface area contributed by atoms with Crippen LogP contribution in [0.5, 0.6) is 23.0 Å². The van der Waals surface area contributed by atoms with Crippen LogP contribution in [0.2, 0.25) is 0 Å². The summed E-state index contributed by atoms with van der Waals surface area (Å²) in [6.07, 6.45) is 2.07. The second kappa shape index (κ2) is 7.64. The number of nitrogens with zero attached hydrogens (tertiary/aromatic N) is 1. The van der Waals surface area contributed by atoms with Crippen molar-refractivity contribution in [1.29, 1.82) is 0 Å². The van der Waals surface area contributed by atoms with Gasteiger partial charge in [0.15, 0.2) is 29.2 Å². The zero-order valence-corrected chi connectivity index (χ0v) is 17.2. The van der Waals surface area contributed by atoms with Gasteiger partial charge in [0.2, 0.25) is 5.52 Å². The van der Waals surface area contributed by atoms with E-state index in [-0.39, 0.29) is 0 Å². The Morgan fingerprint density at radius 2 is 1.17 bits per heavy atom. The molecule has 0 aliphatic heterocycles. The van der Waals surface area contributed by atoms with E-state index in [1.807, 2.05) is 24.3 Å². The lowest BCUT2D eigenvalue weighted by Gasteiger charge is -2.13. The number of fused-ring (bicyclic) bond motifs is 5. The van der Waals surface area contributed by atoms with Crippen molar-refractivity contribution in [3.8, 4) is 23.0 Å². The highest BCUT2D eigenvalue weighted by molar-refractivity contribution is 6.14. The molecule has 150 valence electrons. The van der Waals surface area contributed by atoms with Crippen LogP contribution in [0.15, 0.2) is 42.6 Å². The zero-order valence-electron chi connectivity index (χ0n) is 17.2. The first-order chi connectivity index (χ1) is 14.1. The van der Waals surface area contributed by atoms with Gasteiger partial charge in [-0.1, -0.05) is 6.07 Å². The van der Waals surface area contributed by atoms with Crippen molar-refractivity contribution in [1.82, 2.24) is 0 Å². The van der Waals surface area contributed by atoms with E-state index >= 15 is 0 Å². The summed E-state index contributed by atoms with van der Waals surface area (Å²) < 4.78 is 29.6. The SMILES string of the molecule is COC[n+]1cc2cc(OC)c(OC)cc2c2ccc3cc(OC)c(OC)cc3c21. The molecule has 3 aromatic carbocycles. The molecule has 0 fully saturated rings. The van der Waals surface area contributed by atoms with Gasteiger partial charge in [0.25, 0.3) is 6.73 Å². The molecular weight excluding hydrogens is 370 g/mol. The molecule has 0 N–H and O–H groups in total. The van der Waals surface area contributed by atoms with Gasteiger partial charge in [-0.3, -0.25) is 0 Å². The van der Waals surface area contributed by atoms with Crippen molar-refractivity contribution in [3.63, 3.8) is 0 Å². The van der Waals surface area contributed by atoms with Gasteiger partial charge >= 0.3 is 0 Å². The summed E-state index contributed by atoms with van der Waals surface area (Å²) in [6.45, 7) is 0.411. The first-order valence-electron chi connectivity index (χ1n) is 9.20. The Balaban J connectivity index is 2.17. The van der Waals surface area contributed by atoms with Crippen LogP contribution in [0, 0.1) is 0 Å². The lowest BCUT2D eigenvalue weighted by Crippen LogP contribution is -2.35. The fourth-order valence-electron chi connectivity index (χ4n) is 3.87. The van der Waals surface area contributed by atoms with Crippen molar-refractivity contribution in [2.24, 2.45) is 0 Å². The number of aromatic nitrogens is 1.